The van der Waals surface area contributed by atoms with Gasteiger partial charge in [-0.3, -0.25) is 0 Å². The van der Waals surface area contributed by atoms with E-state index in [1.54, 1.807) is 7.11 Å². The number of hydrogen-bond donors (Lipinski definition) is 1. The average molecular weight is 425 g/mol. The van der Waals surface area contributed by atoms with Crippen LogP contribution in [0.3, 0.4) is 0 Å². The zero-order valence-electron chi connectivity index (χ0n) is 19.3. The molecule has 2 heteroatoms. The van der Waals surface area contributed by atoms with Crippen molar-refractivity contribution in [1.29, 1.82) is 0 Å². The van der Waals surface area contributed by atoms with Crippen molar-refractivity contribution in [3.8, 4) is 22.6 Å². The zero-order chi connectivity index (χ0) is 22.9. The molecule has 0 heterocycles. The van der Waals surface area contributed by atoms with Gasteiger partial charge in [0.05, 0.1) is 7.11 Å². The van der Waals surface area contributed by atoms with Crippen molar-refractivity contribution in [2.24, 2.45) is 0 Å². The highest BCUT2D eigenvalue weighted by molar-refractivity contribution is 5.77. The van der Waals surface area contributed by atoms with Crippen LogP contribution in [0.2, 0.25) is 0 Å². The van der Waals surface area contributed by atoms with E-state index in [1.807, 2.05) is 43.3 Å². The van der Waals surface area contributed by atoms with Gasteiger partial charge in [-0.25, -0.2) is 0 Å². The second-order valence-electron chi connectivity index (χ2n) is 7.87. The lowest BCUT2D eigenvalue weighted by Crippen LogP contribution is -2.00. The second-order valence-corrected chi connectivity index (χ2v) is 7.87. The molecule has 32 heavy (non-hydrogen) atoms. The minimum absolute atomic E-state index is 0.300. The molecule has 0 unspecified atom stereocenters. The zero-order valence-corrected chi connectivity index (χ0v) is 19.3. The van der Waals surface area contributed by atoms with Gasteiger partial charge in [0.25, 0.3) is 0 Å². The molecule has 2 aromatic rings. The first-order chi connectivity index (χ1) is 15.6. The van der Waals surface area contributed by atoms with E-state index in [9.17, 15) is 5.11 Å². The van der Waals surface area contributed by atoms with Crippen LogP contribution in [0.4, 0.5) is 0 Å². The number of phenolic OH excluding ortho intramolecular Hbond substituents is 1. The molecule has 0 fully saturated rings. The van der Waals surface area contributed by atoms with E-state index in [0.29, 0.717) is 12.2 Å². The topological polar surface area (TPSA) is 29.5 Å². The fourth-order valence-electron chi connectivity index (χ4n) is 4.12. The summed E-state index contributed by atoms with van der Waals surface area (Å²) in [7, 11) is 1.66. The molecule has 0 radical (unpaired) electrons. The number of benzene rings is 2. The maximum atomic E-state index is 11.3. The van der Waals surface area contributed by atoms with E-state index in [1.165, 1.54) is 5.57 Å². The van der Waals surface area contributed by atoms with Gasteiger partial charge in [-0.1, -0.05) is 85.0 Å². The number of methoxy groups -OCH3 is 1. The summed E-state index contributed by atoms with van der Waals surface area (Å²) < 4.78 is 5.55. The third kappa shape index (κ3) is 5.39. The van der Waals surface area contributed by atoms with Crippen molar-refractivity contribution in [3.63, 3.8) is 0 Å². The maximum Gasteiger partial charge on any atom is 0.127 e. The number of ether oxygens (including phenoxy) is 1. The van der Waals surface area contributed by atoms with Gasteiger partial charge in [0.1, 0.15) is 11.5 Å². The Bertz CT molecular complexity index is 1120. The first-order valence-corrected chi connectivity index (χ1v) is 11.0. The van der Waals surface area contributed by atoms with E-state index in [2.05, 4.69) is 62.1 Å². The van der Waals surface area contributed by atoms with Gasteiger partial charge in [0.15, 0.2) is 0 Å². The Morgan fingerprint density at radius 1 is 1.09 bits per heavy atom. The fraction of sp³-hybridized carbons (Fsp3) is 0.200. The van der Waals surface area contributed by atoms with Crippen molar-refractivity contribution in [1.82, 2.24) is 0 Å². The quantitative estimate of drug-likeness (QED) is 0.512. The molecule has 0 amide bonds. The number of aromatic hydroxyl groups is 1. The molecule has 1 aliphatic rings. The van der Waals surface area contributed by atoms with Crippen LogP contribution in [-0.2, 0) is 6.42 Å². The van der Waals surface area contributed by atoms with E-state index in [4.69, 9.17) is 4.74 Å². The summed E-state index contributed by atoms with van der Waals surface area (Å²) in [5.74, 6) is 1.05. The number of phenols is 1. The molecular formula is C30H32O2. The van der Waals surface area contributed by atoms with Crippen molar-refractivity contribution in [2.75, 3.05) is 7.11 Å². The van der Waals surface area contributed by atoms with Crippen LogP contribution in [-0.4, -0.2) is 12.2 Å². The highest BCUT2D eigenvalue weighted by Crippen LogP contribution is 2.40. The van der Waals surface area contributed by atoms with Crippen molar-refractivity contribution < 1.29 is 9.84 Å². The van der Waals surface area contributed by atoms with Crippen LogP contribution in [0, 0.1) is 6.92 Å². The summed E-state index contributed by atoms with van der Waals surface area (Å²) in [6.07, 6.45) is 19.1. The Morgan fingerprint density at radius 2 is 1.88 bits per heavy atom. The summed E-state index contributed by atoms with van der Waals surface area (Å²) in [5, 5.41) is 11.3. The molecule has 2 nitrogen and oxygen atoms in total. The standard InChI is InChI=1S/C30H32O2/c1-5-14-23-15-10-8-7-9-11-16-24(26(23)6-2)21-25-19-22(3)20-28(30(25)31)27-17-12-13-18-29(27)32-4/h5-9,11-15,17-20,31H,2,10,16,21H2,1,3-4H3/b8-7-,11-9-,14-5-,23-15-,26-24+. The molecule has 1 aliphatic carbocycles. The van der Waals surface area contributed by atoms with Gasteiger partial charge in [-0.15, -0.1) is 0 Å². The van der Waals surface area contributed by atoms with Crippen LogP contribution >= 0.6 is 0 Å². The van der Waals surface area contributed by atoms with E-state index in [0.717, 1.165) is 52.0 Å². The smallest absolute Gasteiger partial charge is 0.127 e. The molecule has 0 bridgehead atoms. The summed E-state index contributed by atoms with van der Waals surface area (Å²) >= 11 is 0. The maximum absolute atomic E-state index is 11.3. The average Bonchev–Trinajstić information content (AvgIpc) is 2.80. The summed E-state index contributed by atoms with van der Waals surface area (Å²) in [6, 6.07) is 11.9. The molecule has 3 rings (SSSR count). The molecule has 2 aromatic carbocycles. The molecule has 0 spiro atoms. The summed E-state index contributed by atoms with van der Waals surface area (Å²) in [5.41, 5.74) is 7.20. The van der Waals surface area contributed by atoms with Gasteiger partial charge in [0.2, 0.25) is 0 Å². The molecule has 0 saturated carbocycles. The van der Waals surface area contributed by atoms with Crippen molar-refractivity contribution in [3.05, 3.63) is 119 Å². The number of aryl methyl sites for hydroxylation is 1. The minimum Gasteiger partial charge on any atom is -0.507 e. The van der Waals surface area contributed by atoms with Crippen LogP contribution in [0.1, 0.15) is 30.9 Å². The van der Waals surface area contributed by atoms with E-state index in [-0.39, 0.29) is 0 Å². The van der Waals surface area contributed by atoms with Crippen LogP contribution in [0.25, 0.3) is 11.1 Å². The number of rotatable bonds is 6. The van der Waals surface area contributed by atoms with E-state index < -0.39 is 0 Å². The van der Waals surface area contributed by atoms with Crippen LogP contribution in [0.5, 0.6) is 11.5 Å². The van der Waals surface area contributed by atoms with Crippen molar-refractivity contribution in [2.45, 2.75) is 33.1 Å². The molecular weight excluding hydrogens is 392 g/mol. The lowest BCUT2D eigenvalue weighted by Gasteiger charge is -2.18. The molecule has 0 aromatic heterocycles. The lowest BCUT2D eigenvalue weighted by molar-refractivity contribution is 0.415. The predicted octanol–water partition coefficient (Wildman–Crippen LogP) is 7.81. The molecule has 0 aliphatic heterocycles. The molecule has 0 saturated heterocycles. The Morgan fingerprint density at radius 3 is 2.62 bits per heavy atom. The number of hydrogen-bond acceptors (Lipinski definition) is 2. The van der Waals surface area contributed by atoms with E-state index >= 15 is 0 Å². The lowest BCUT2D eigenvalue weighted by atomic mass is 9.89. The summed E-state index contributed by atoms with van der Waals surface area (Å²) in [6.45, 7) is 8.20. The fourth-order valence-corrected chi connectivity index (χ4v) is 4.12. The monoisotopic (exact) mass is 424 g/mol. The van der Waals surface area contributed by atoms with Gasteiger partial charge < -0.3 is 9.84 Å². The Kier molecular flexibility index (Phi) is 8.10. The minimum atomic E-state index is 0.300. The van der Waals surface area contributed by atoms with Crippen molar-refractivity contribution >= 4 is 0 Å². The third-order valence-corrected chi connectivity index (χ3v) is 5.60. The Hall–Kier alpha value is -3.52. The van der Waals surface area contributed by atoms with Gasteiger partial charge in [-0.2, -0.15) is 0 Å². The largest absolute Gasteiger partial charge is 0.507 e. The number of allylic oxidation sites excluding steroid dienone is 11. The normalized spacial score (nSPS) is 20.4. The molecule has 1 N–H and O–H groups in total. The predicted molar refractivity (Wildman–Crippen MR) is 136 cm³/mol. The molecule has 164 valence electrons. The highest BCUT2D eigenvalue weighted by atomic mass is 16.5. The Balaban J connectivity index is 2.14. The van der Waals surface area contributed by atoms with Gasteiger partial charge in [-0.05, 0) is 67.5 Å². The van der Waals surface area contributed by atoms with Gasteiger partial charge in [0, 0.05) is 11.1 Å². The first-order valence-electron chi connectivity index (χ1n) is 11.0. The SMILES string of the molecule is C=C/C1=C(\Cc2cc(C)cc(-c3ccccc3OC)c2O)C/C=C\C=C/C/C=C1/C=C\C. The third-order valence-electron chi connectivity index (χ3n) is 5.60. The second kappa shape index (κ2) is 11.2. The van der Waals surface area contributed by atoms with Gasteiger partial charge >= 0.3 is 0 Å². The van der Waals surface area contributed by atoms with Crippen LogP contribution in [0.15, 0.2) is 108 Å². The summed E-state index contributed by atoms with van der Waals surface area (Å²) in [4.78, 5) is 0. The number of para-hydroxylation sites is 1. The molecule has 0 atom stereocenters. The first kappa shape index (κ1) is 23.1. The highest BCUT2D eigenvalue weighted by Gasteiger charge is 2.16. The van der Waals surface area contributed by atoms with Crippen LogP contribution < -0.4 is 4.74 Å². The Labute approximate surface area is 192 Å².